The van der Waals surface area contributed by atoms with Gasteiger partial charge in [-0.15, -0.1) is 0 Å². The molecule has 1 saturated heterocycles. The maximum atomic E-state index is 6.55. The van der Waals surface area contributed by atoms with Gasteiger partial charge in [0.25, 0.3) is 0 Å². The van der Waals surface area contributed by atoms with E-state index < -0.39 is 0 Å². The molecule has 0 spiro atoms. The summed E-state index contributed by atoms with van der Waals surface area (Å²) >= 11 is 6.10. The zero-order valence-corrected chi connectivity index (χ0v) is 15.4. The Labute approximate surface area is 154 Å². The number of benzene rings is 2. The number of hydrogen-bond donors (Lipinski definition) is 1. The summed E-state index contributed by atoms with van der Waals surface area (Å²) in [5.74, 6) is 0.914. The third-order valence-corrected chi connectivity index (χ3v) is 5.72. The summed E-state index contributed by atoms with van der Waals surface area (Å²) in [6.45, 7) is 4.11. The average Bonchev–Trinajstić information content (AvgIpc) is 2.96. The van der Waals surface area contributed by atoms with Gasteiger partial charge in [0.2, 0.25) is 0 Å². The van der Waals surface area contributed by atoms with Crippen LogP contribution in [0.4, 0.5) is 0 Å². The lowest BCUT2D eigenvalue weighted by atomic mass is 10.0. The Balaban J connectivity index is 1.65. The van der Waals surface area contributed by atoms with Crippen molar-refractivity contribution >= 4 is 11.6 Å². The van der Waals surface area contributed by atoms with Crippen LogP contribution in [0.25, 0.3) is 0 Å². The van der Waals surface area contributed by atoms with Gasteiger partial charge in [-0.1, -0.05) is 35.9 Å². The van der Waals surface area contributed by atoms with E-state index in [-0.39, 0.29) is 12.1 Å². The first kappa shape index (κ1) is 16.9. The van der Waals surface area contributed by atoms with Crippen LogP contribution < -0.4 is 10.5 Å². The van der Waals surface area contributed by atoms with Crippen LogP contribution in [0.1, 0.15) is 35.6 Å². The maximum Gasteiger partial charge on any atom is 0.140 e. The van der Waals surface area contributed by atoms with Crippen molar-refractivity contribution in [3.8, 4) is 5.75 Å². The number of nitrogens with two attached hydrogens (primary N) is 1. The molecule has 0 bridgehead atoms. The molecule has 4 rings (SSSR count). The SMILES string of the molecule is Cc1cc(Cl)ccc1O[C@@H]1c2ccccc2C[C@H]1N1CCC[C@@H](N)C1. The van der Waals surface area contributed by atoms with E-state index in [0.717, 1.165) is 42.3 Å². The number of aryl methyl sites for hydroxylation is 1. The van der Waals surface area contributed by atoms with E-state index in [2.05, 4.69) is 29.2 Å². The smallest absolute Gasteiger partial charge is 0.140 e. The molecule has 0 amide bonds. The number of fused-ring (bicyclic) bond motifs is 1. The van der Waals surface area contributed by atoms with Crippen molar-refractivity contribution in [2.24, 2.45) is 5.73 Å². The number of hydrogen-bond acceptors (Lipinski definition) is 3. The second-order valence-electron chi connectivity index (χ2n) is 7.32. The Morgan fingerprint density at radius 3 is 2.84 bits per heavy atom. The standard InChI is InChI=1S/C21H25ClN2O/c1-14-11-16(22)8-9-20(14)25-21-18-7-3-2-5-15(18)12-19(21)24-10-4-6-17(23)13-24/h2-3,5,7-9,11,17,19,21H,4,6,10,12-13,23H2,1H3/t17-,19-,21-/m1/s1. The highest BCUT2D eigenvalue weighted by Gasteiger charge is 2.39. The van der Waals surface area contributed by atoms with Crippen LogP contribution in [0.15, 0.2) is 42.5 Å². The molecule has 1 fully saturated rings. The van der Waals surface area contributed by atoms with E-state index in [0.29, 0.717) is 6.04 Å². The summed E-state index contributed by atoms with van der Waals surface area (Å²) in [4.78, 5) is 2.53. The van der Waals surface area contributed by atoms with Crippen LogP contribution in [0.5, 0.6) is 5.75 Å². The maximum absolute atomic E-state index is 6.55. The zero-order chi connectivity index (χ0) is 17.4. The predicted octanol–water partition coefficient (Wildman–Crippen LogP) is 4.12. The quantitative estimate of drug-likeness (QED) is 0.899. The van der Waals surface area contributed by atoms with Crippen LogP contribution in [0, 0.1) is 6.92 Å². The minimum absolute atomic E-state index is 0.0429. The summed E-state index contributed by atoms with van der Waals surface area (Å²) in [7, 11) is 0. The summed E-state index contributed by atoms with van der Waals surface area (Å²) in [5.41, 5.74) is 10.0. The first-order valence-electron chi connectivity index (χ1n) is 9.12. The second-order valence-corrected chi connectivity index (χ2v) is 7.75. The van der Waals surface area contributed by atoms with E-state index in [9.17, 15) is 0 Å². The number of piperidine rings is 1. The van der Waals surface area contributed by atoms with Crippen LogP contribution >= 0.6 is 11.6 Å². The number of halogens is 1. The molecule has 0 saturated carbocycles. The Bertz CT molecular complexity index is 763. The monoisotopic (exact) mass is 356 g/mol. The van der Waals surface area contributed by atoms with Gasteiger partial charge >= 0.3 is 0 Å². The second kappa shape index (κ2) is 6.99. The van der Waals surface area contributed by atoms with Gasteiger partial charge < -0.3 is 10.5 Å². The van der Waals surface area contributed by atoms with Crippen LogP contribution in [0.2, 0.25) is 5.02 Å². The van der Waals surface area contributed by atoms with Gasteiger partial charge in [-0.25, -0.2) is 0 Å². The Morgan fingerprint density at radius 1 is 1.20 bits per heavy atom. The van der Waals surface area contributed by atoms with E-state index >= 15 is 0 Å². The summed E-state index contributed by atoms with van der Waals surface area (Å²) in [5, 5.41) is 0.746. The van der Waals surface area contributed by atoms with Gasteiger partial charge in [0.1, 0.15) is 11.9 Å². The van der Waals surface area contributed by atoms with Gasteiger partial charge in [0.15, 0.2) is 0 Å². The molecule has 1 aliphatic heterocycles. The molecule has 2 aromatic carbocycles. The normalized spacial score (nSPS) is 26.4. The molecule has 3 nitrogen and oxygen atoms in total. The van der Waals surface area contributed by atoms with Gasteiger partial charge in [-0.05, 0) is 67.6 Å². The fraction of sp³-hybridized carbons (Fsp3) is 0.429. The van der Waals surface area contributed by atoms with E-state index in [1.54, 1.807) is 0 Å². The fourth-order valence-corrected chi connectivity index (χ4v) is 4.45. The van der Waals surface area contributed by atoms with Crippen LogP contribution in [-0.2, 0) is 6.42 Å². The summed E-state index contributed by atoms with van der Waals surface area (Å²) < 4.78 is 6.55. The van der Waals surface area contributed by atoms with Crippen LogP contribution in [0.3, 0.4) is 0 Å². The van der Waals surface area contributed by atoms with E-state index in [1.165, 1.54) is 17.5 Å². The van der Waals surface area contributed by atoms with Crippen molar-refractivity contribution < 1.29 is 4.74 Å². The number of likely N-dealkylation sites (tertiary alicyclic amines) is 1. The lowest BCUT2D eigenvalue weighted by molar-refractivity contribution is 0.0589. The topological polar surface area (TPSA) is 38.5 Å². The van der Waals surface area contributed by atoms with Gasteiger partial charge in [-0.2, -0.15) is 0 Å². The lowest BCUT2D eigenvalue weighted by Crippen LogP contribution is -2.49. The third kappa shape index (κ3) is 3.41. The highest BCUT2D eigenvalue weighted by atomic mass is 35.5. The van der Waals surface area contributed by atoms with Gasteiger partial charge in [0, 0.05) is 17.6 Å². The molecule has 3 atom stereocenters. The number of rotatable bonds is 3. The minimum atomic E-state index is 0.0429. The van der Waals surface area contributed by atoms with Crippen molar-refractivity contribution in [1.29, 1.82) is 0 Å². The lowest BCUT2D eigenvalue weighted by Gasteiger charge is -2.38. The molecule has 4 heteroatoms. The molecule has 0 aromatic heterocycles. The molecule has 2 aliphatic rings. The molecule has 0 unspecified atom stereocenters. The molecule has 1 aliphatic carbocycles. The Hall–Kier alpha value is -1.55. The Morgan fingerprint density at radius 2 is 2.04 bits per heavy atom. The van der Waals surface area contributed by atoms with Crippen molar-refractivity contribution in [3.63, 3.8) is 0 Å². The highest BCUT2D eigenvalue weighted by Crippen LogP contribution is 2.39. The van der Waals surface area contributed by atoms with Gasteiger partial charge in [0.05, 0.1) is 6.04 Å². The van der Waals surface area contributed by atoms with Crippen molar-refractivity contribution in [3.05, 3.63) is 64.2 Å². The van der Waals surface area contributed by atoms with Crippen molar-refractivity contribution in [2.45, 2.75) is 44.4 Å². The molecule has 132 valence electrons. The third-order valence-electron chi connectivity index (χ3n) is 5.49. The molecule has 1 heterocycles. The number of nitrogens with zero attached hydrogens (tertiary/aromatic N) is 1. The molecule has 0 radical (unpaired) electrons. The largest absolute Gasteiger partial charge is 0.484 e. The molecular weight excluding hydrogens is 332 g/mol. The first-order valence-corrected chi connectivity index (χ1v) is 9.50. The van der Waals surface area contributed by atoms with Crippen LogP contribution in [-0.4, -0.2) is 30.1 Å². The molecular formula is C21H25ClN2O. The summed E-state index contributed by atoms with van der Waals surface area (Å²) in [6.07, 6.45) is 3.36. The van der Waals surface area contributed by atoms with Crippen molar-refractivity contribution in [2.75, 3.05) is 13.1 Å². The van der Waals surface area contributed by atoms with E-state index in [4.69, 9.17) is 22.1 Å². The number of ether oxygens (including phenoxy) is 1. The predicted molar refractivity (Wildman–Crippen MR) is 102 cm³/mol. The van der Waals surface area contributed by atoms with Crippen molar-refractivity contribution in [1.82, 2.24) is 4.90 Å². The molecule has 25 heavy (non-hydrogen) atoms. The summed E-state index contributed by atoms with van der Waals surface area (Å²) in [6, 6.07) is 15.1. The first-order chi connectivity index (χ1) is 12.1. The zero-order valence-electron chi connectivity index (χ0n) is 14.6. The fourth-order valence-electron chi connectivity index (χ4n) is 4.22. The van der Waals surface area contributed by atoms with E-state index in [1.807, 2.05) is 25.1 Å². The Kier molecular flexibility index (Phi) is 4.72. The molecule has 2 aromatic rings. The minimum Gasteiger partial charge on any atom is -0.484 e. The molecule has 2 N–H and O–H groups in total. The average molecular weight is 357 g/mol. The highest BCUT2D eigenvalue weighted by molar-refractivity contribution is 6.30. The van der Waals surface area contributed by atoms with Gasteiger partial charge in [-0.3, -0.25) is 4.90 Å².